The molecule has 2 unspecified atom stereocenters. The molecule has 0 aromatic carbocycles. The van der Waals surface area contributed by atoms with Gasteiger partial charge in [0.05, 0.1) is 0 Å². The second-order valence-corrected chi connectivity index (χ2v) is 4.88. The van der Waals surface area contributed by atoms with Crippen LogP contribution in [0.4, 0.5) is 0 Å². The Kier molecular flexibility index (Phi) is 6.26. The molecule has 1 aliphatic rings. The van der Waals surface area contributed by atoms with Crippen LogP contribution in [0.2, 0.25) is 0 Å². The second kappa shape index (κ2) is 7.24. The fourth-order valence-electron chi connectivity index (χ4n) is 2.51. The molecule has 0 saturated carbocycles. The largest absolute Gasteiger partial charge is 0.314 e. The number of hydrogen-bond acceptors (Lipinski definition) is 2. The quantitative estimate of drug-likeness (QED) is 0.770. The molecule has 2 nitrogen and oxygen atoms in total. The van der Waals surface area contributed by atoms with E-state index in [-0.39, 0.29) is 0 Å². The highest BCUT2D eigenvalue weighted by Gasteiger charge is 2.17. The maximum absolute atomic E-state index is 3.64. The van der Waals surface area contributed by atoms with Gasteiger partial charge in [-0.1, -0.05) is 20.3 Å². The Hall–Kier alpha value is -0.0800. The van der Waals surface area contributed by atoms with E-state index in [4.69, 9.17) is 0 Å². The minimum absolute atomic E-state index is 0.752. The molecule has 1 rings (SSSR count). The van der Waals surface area contributed by atoms with Gasteiger partial charge in [-0.25, -0.2) is 0 Å². The predicted molar refractivity (Wildman–Crippen MR) is 67.3 cm³/mol. The van der Waals surface area contributed by atoms with Crippen molar-refractivity contribution >= 4 is 0 Å². The molecule has 1 saturated heterocycles. The molecule has 2 atom stereocenters. The summed E-state index contributed by atoms with van der Waals surface area (Å²) in [5, 5.41) is 3.64. The molecule has 1 heterocycles. The average Bonchev–Trinajstić information content (AvgIpc) is 2.18. The van der Waals surface area contributed by atoms with Gasteiger partial charge >= 0.3 is 0 Å². The standard InChI is InChI=1S/C13H28N2/c1-4-7-12(3)15-10-6-9-14-13(5-2)8-11-15/h12-14H,4-11H2,1-3H3. The topological polar surface area (TPSA) is 15.3 Å². The summed E-state index contributed by atoms with van der Waals surface area (Å²) in [4.78, 5) is 2.69. The lowest BCUT2D eigenvalue weighted by molar-refractivity contribution is 0.172. The van der Waals surface area contributed by atoms with Gasteiger partial charge in [-0.15, -0.1) is 0 Å². The highest BCUT2D eigenvalue weighted by atomic mass is 15.2. The summed E-state index contributed by atoms with van der Waals surface area (Å²) >= 11 is 0. The van der Waals surface area contributed by atoms with Crippen LogP contribution >= 0.6 is 0 Å². The highest BCUT2D eigenvalue weighted by Crippen LogP contribution is 2.11. The molecule has 15 heavy (non-hydrogen) atoms. The molecule has 1 aliphatic heterocycles. The lowest BCUT2D eigenvalue weighted by Gasteiger charge is -2.33. The Morgan fingerprint density at radius 2 is 2.13 bits per heavy atom. The first-order valence-corrected chi connectivity index (χ1v) is 6.75. The van der Waals surface area contributed by atoms with E-state index in [1.54, 1.807) is 0 Å². The first-order chi connectivity index (χ1) is 7.27. The van der Waals surface area contributed by atoms with Gasteiger partial charge in [0, 0.05) is 12.1 Å². The van der Waals surface area contributed by atoms with Crippen molar-refractivity contribution in [2.45, 2.75) is 65.0 Å². The van der Waals surface area contributed by atoms with Crippen molar-refractivity contribution in [3.05, 3.63) is 0 Å². The van der Waals surface area contributed by atoms with E-state index in [0.717, 1.165) is 12.1 Å². The number of rotatable bonds is 4. The molecule has 1 N–H and O–H groups in total. The fourth-order valence-corrected chi connectivity index (χ4v) is 2.51. The lowest BCUT2D eigenvalue weighted by atomic mass is 10.1. The Balaban J connectivity index is 2.36. The van der Waals surface area contributed by atoms with Gasteiger partial charge in [-0.05, 0) is 52.2 Å². The molecule has 2 heteroatoms. The van der Waals surface area contributed by atoms with E-state index >= 15 is 0 Å². The van der Waals surface area contributed by atoms with E-state index in [2.05, 4.69) is 31.0 Å². The van der Waals surface area contributed by atoms with Gasteiger partial charge in [-0.2, -0.15) is 0 Å². The van der Waals surface area contributed by atoms with Crippen molar-refractivity contribution in [2.24, 2.45) is 0 Å². The van der Waals surface area contributed by atoms with Gasteiger partial charge in [0.25, 0.3) is 0 Å². The van der Waals surface area contributed by atoms with Gasteiger partial charge in [0.15, 0.2) is 0 Å². The number of hydrogen-bond donors (Lipinski definition) is 1. The van der Waals surface area contributed by atoms with Crippen LogP contribution in [-0.2, 0) is 0 Å². The molecule has 0 bridgehead atoms. The fraction of sp³-hybridized carbons (Fsp3) is 1.00. The van der Waals surface area contributed by atoms with Crippen molar-refractivity contribution in [3.8, 4) is 0 Å². The molecule has 0 aliphatic carbocycles. The van der Waals surface area contributed by atoms with Crippen LogP contribution in [0.3, 0.4) is 0 Å². The van der Waals surface area contributed by atoms with Gasteiger partial charge in [-0.3, -0.25) is 0 Å². The van der Waals surface area contributed by atoms with Gasteiger partial charge in [0.1, 0.15) is 0 Å². The van der Waals surface area contributed by atoms with Crippen LogP contribution in [0, 0.1) is 0 Å². The first-order valence-electron chi connectivity index (χ1n) is 6.75. The second-order valence-electron chi connectivity index (χ2n) is 4.88. The monoisotopic (exact) mass is 212 g/mol. The Bertz CT molecular complexity index is 159. The third-order valence-electron chi connectivity index (χ3n) is 3.64. The predicted octanol–water partition coefficient (Wildman–Crippen LogP) is 2.64. The average molecular weight is 212 g/mol. The molecule has 0 radical (unpaired) electrons. The van der Waals surface area contributed by atoms with Crippen molar-refractivity contribution < 1.29 is 0 Å². The molecule has 0 aromatic heterocycles. The van der Waals surface area contributed by atoms with Crippen LogP contribution in [0.15, 0.2) is 0 Å². The Morgan fingerprint density at radius 1 is 1.33 bits per heavy atom. The lowest BCUT2D eigenvalue weighted by Crippen LogP contribution is -2.42. The Morgan fingerprint density at radius 3 is 2.80 bits per heavy atom. The zero-order valence-corrected chi connectivity index (χ0v) is 10.8. The van der Waals surface area contributed by atoms with Crippen molar-refractivity contribution in [3.63, 3.8) is 0 Å². The van der Waals surface area contributed by atoms with Crippen molar-refractivity contribution in [1.29, 1.82) is 0 Å². The van der Waals surface area contributed by atoms with Crippen LogP contribution in [-0.4, -0.2) is 36.6 Å². The minimum Gasteiger partial charge on any atom is -0.314 e. The molecule has 0 spiro atoms. The maximum atomic E-state index is 3.64. The maximum Gasteiger partial charge on any atom is 0.00766 e. The van der Waals surface area contributed by atoms with Crippen LogP contribution < -0.4 is 5.32 Å². The van der Waals surface area contributed by atoms with Crippen molar-refractivity contribution in [1.82, 2.24) is 10.2 Å². The number of nitrogens with zero attached hydrogens (tertiary/aromatic N) is 1. The summed E-state index contributed by atoms with van der Waals surface area (Å²) < 4.78 is 0. The molecule has 0 amide bonds. The van der Waals surface area contributed by atoms with E-state index in [1.807, 2.05) is 0 Å². The van der Waals surface area contributed by atoms with E-state index in [1.165, 1.54) is 51.7 Å². The Labute approximate surface area is 95.4 Å². The summed E-state index contributed by atoms with van der Waals surface area (Å²) in [6.07, 6.45) is 6.57. The third-order valence-corrected chi connectivity index (χ3v) is 3.64. The first kappa shape index (κ1) is 13.0. The summed E-state index contributed by atoms with van der Waals surface area (Å²) in [5.41, 5.74) is 0. The van der Waals surface area contributed by atoms with E-state index in [0.29, 0.717) is 0 Å². The summed E-state index contributed by atoms with van der Waals surface area (Å²) in [6, 6.07) is 1.53. The van der Waals surface area contributed by atoms with Gasteiger partial charge < -0.3 is 10.2 Å². The molecule has 1 fully saturated rings. The smallest absolute Gasteiger partial charge is 0.00766 e. The number of nitrogens with one attached hydrogen (secondary N) is 1. The van der Waals surface area contributed by atoms with E-state index in [9.17, 15) is 0 Å². The zero-order chi connectivity index (χ0) is 11.1. The summed E-state index contributed by atoms with van der Waals surface area (Å²) in [7, 11) is 0. The zero-order valence-electron chi connectivity index (χ0n) is 10.8. The van der Waals surface area contributed by atoms with Crippen LogP contribution in [0.5, 0.6) is 0 Å². The highest BCUT2D eigenvalue weighted by molar-refractivity contribution is 4.75. The SMILES string of the molecule is CCCC(C)N1CCCNC(CC)CC1. The molecule has 90 valence electrons. The summed E-state index contributed by atoms with van der Waals surface area (Å²) in [5.74, 6) is 0. The molecular weight excluding hydrogens is 184 g/mol. The normalized spacial score (nSPS) is 27.0. The molecule has 0 aromatic rings. The molecular formula is C13H28N2. The van der Waals surface area contributed by atoms with Crippen LogP contribution in [0.1, 0.15) is 52.9 Å². The van der Waals surface area contributed by atoms with E-state index < -0.39 is 0 Å². The van der Waals surface area contributed by atoms with Gasteiger partial charge in [0.2, 0.25) is 0 Å². The van der Waals surface area contributed by atoms with Crippen molar-refractivity contribution in [2.75, 3.05) is 19.6 Å². The third kappa shape index (κ3) is 4.52. The van der Waals surface area contributed by atoms with Crippen LogP contribution in [0.25, 0.3) is 0 Å². The minimum atomic E-state index is 0.752. The summed E-state index contributed by atoms with van der Waals surface area (Å²) in [6.45, 7) is 10.7.